The largest absolute Gasteiger partial charge is 0.363 e. The minimum atomic E-state index is 1.04. The Balaban J connectivity index is 3.03. The van der Waals surface area contributed by atoms with Crippen LogP contribution in [0.3, 0.4) is 0 Å². The zero-order valence-electron chi connectivity index (χ0n) is 6.63. The van der Waals surface area contributed by atoms with E-state index in [0.717, 1.165) is 5.82 Å². The number of hydrogen-bond acceptors (Lipinski definition) is 2. The molecule has 0 atom stereocenters. The predicted octanol–water partition coefficient (Wildman–Crippen LogP) is 1.46. The van der Waals surface area contributed by atoms with Gasteiger partial charge in [-0.05, 0) is 18.6 Å². The van der Waals surface area contributed by atoms with Crippen molar-refractivity contribution < 1.29 is 0 Å². The fourth-order valence-electron chi connectivity index (χ4n) is 0.946. The summed E-state index contributed by atoms with van der Waals surface area (Å²) >= 11 is 0. The fraction of sp³-hybridized carbons (Fsp3) is 0.375. The van der Waals surface area contributed by atoms with Gasteiger partial charge in [0.1, 0.15) is 5.82 Å². The van der Waals surface area contributed by atoms with Crippen molar-refractivity contribution in [2.24, 2.45) is 0 Å². The smallest absolute Gasteiger partial charge is 0.130 e. The Morgan fingerprint density at radius 2 is 2.10 bits per heavy atom. The number of nitrogens with zero attached hydrogens (tertiary/aromatic N) is 2. The molecule has 1 heterocycles. The van der Waals surface area contributed by atoms with E-state index in [4.69, 9.17) is 0 Å². The zero-order chi connectivity index (χ0) is 7.56. The molecule has 0 bridgehead atoms. The van der Waals surface area contributed by atoms with Crippen LogP contribution in [-0.2, 0) is 0 Å². The molecule has 0 aliphatic carbocycles. The predicted molar refractivity (Wildman–Crippen MR) is 43.3 cm³/mol. The summed E-state index contributed by atoms with van der Waals surface area (Å²) < 4.78 is 0. The molecule has 2 heteroatoms. The molecule has 0 saturated heterocycles. The first kappa shape index (κ1) is 7.06. The molecule has 0 aromatic carbocycles. The van der Waals surface area contributed by atoms with Gasteiger partial charge in [-0.1, -0.05) is 6.07 Å². The van der Waals surface area contributed by atoms with Gasteiger partial charge in [0.15, 0.2) is 0 Å². The first-order valence-corrected chi connectivity index (χ1v) is 3.31. The summed E-state index contributed by atoms with van der Waals surface area (Å²) in [4.78, 5) is 6.21. The van der Waals surface area contributed by atoms with Crippen molar-refractivity contribution >= 4 is 5.82 Å². The van der Waals surface area contributed by atoms with Crippen LogP contribution >= 0.6 is 0 Å². The van der Waals surface area contributed by atoms with Gasteiger partial charge in [0.05, 0.1) is 0 Å². The van der Waals surface area contributed by atoms with Gasteiger partial charge in [-0.3, -0.25) is 0 Å². The molecule has 1 rings (SSSR count). The van der Waals surface area contributed by atoms with E-state index in [9.17, 15) is 0 Å². The maximum atomic E-state index is 4.20. The van der Waals surface area contributed by atoms with E-state index in [2.05, 4.69) is 18.0 Å². The lowest BCUT2D eigenvalue weighted by atomic mass is 10.3. The molecule has 0 spiro atoms. The van der Waals surface area contributed by atoms with Gasteiger partial charge in [0.25, 0.3) is 0 Å². The van der Waals surface area contributed by atoms with Crippen molar-refractivity contribution in [3.05, 3.63) is 23.9 Å². The lowest BCUT2D eigenvalue weighted by molar-refractivity contribution is 1.05. The van der Waals surface area contributed by atoms with E-state index in [1.165, 1.54) is 5.56 Å². The third kappa shape index (κ3) is 1.26. The van der Waals surface area contributed by atoms with Gasteiger partial charge >= 0.3 is 0 Å². The minimum absolute atomic E-state index is 1.04. The Labute approximate surface area is 61.5 Å². The highest BCUT2D eigenvalue weighted by Crippen LogP contribution is 2.11. The molecule has 10 heavy (non-hydrogen) atoms. The van der Waals surface area contributed by atoms with Gasteiger partial charge < -0.3 is 4.90 Å². The van der Waals surface area contributed by atoms with Crippen molar-refractivity contribution in [1.82, 2.24) is 4.98 Å². The highest BCUT2D eigenvalue weighted by Gasteiger charge is 1.97. The fourth-order valence-corrected chi connectivity index (χ4v) is 0.946. The van der Waals surface area contributed by atoms with Crippen molar-refractivity contribution in [3.63, 3.8) is 0 Å². The highest BCUT2D eigenvalue weighted by molar-refractivity contribution is 5.43. The van der Waals surface area contributed by atoms with Crippen LogP contribution in [0.1, 0.15) is 5.56 Å². The molecule has 0 unspecified atom stereocenters. The molecular formula is C8H12N2. The van der Waals surface area contributed by atoms with Crippen molar-refractivity contribution in [2.75, 3.05) is 19.0 Å². The molecule has 1 aromatic rings. The van der Waals surface area contributed by atoms with Gasteiger partial charge in [-0.25, -0.2) is 4.98 Å². The summed E-state index contributed by atoms with van der Waals surface area (Å²) in [5.74, 6) is 1.04. The summed E-state index contributed by atoms with van der Waals surface area (Å²) in [6, 6.07) is 4.00. The number of rotatable bonds is 1. The van der Waals surface area contributed by atoms with Crippen LogP contribution in [0.15, 0.2) is 18.3 Å². The Kier molecular flexibility index (Phi) is 1.90. The van der Waals surface area contributed by atoms with Crippen molar-refractivity contribution in [3.8, 4) is 0 Å². The van der Waals surface area contributed by atoms with Gasteiger partial charge in [0, 0.05) is 20.3 Å². The molecule has 2 nitrogen and oxygen atoms in total. The van der Waals surface area contributed by atoms with Crippen LogP contribution in [0.4, 0.5) is 5.82 Å². The molecule has 0 aliphatic rings. The van der Waals surface area contributed by atoms with Crippen LogP contribution in [0.2, 0.25) is 0 Å². The first-order valence-electron chi connectivity index (χ1n) is 3.31. The number of aromatic nitrogens is 1. The standard InChI is InChI=1S/C8H12N2/c1-7-5-4-6-9-8(7)10(2)3/h4-6H,1-3H3. The molecule has 0 radical (unpaired) electrons. The Morgan fingerprint density at radius 1 is 1.40 bits per heavy atom. The van der Waals surface area contributed by atoms with Crippen molar-refractivity contribution in [1.29, 1.82) is 0 Å². The van der Waals surface area contributed by atoms with E-state index in [1.54, 1.807) is 0 Å². The van der Waals surface area contributed by atoms with E-state index in [1.807, 2.05) is 31.3 Å². The molecule has 54 valence electrons. The summed E-state index contributed by atoms with van der Waals surface area (Å²) in [6.07, 6.45) is 1.81. The third-order valence-electron chi connectivity index (χ3n) is 1.41. The normalized spacial score (nSPS) is 9.50. The minimum Gasteiger partial charge on any atom is -0.363 e. The molecule has 0 amide bonds. The second-order valence-corrected chi connectivity index (χ2v) is 2.54. The average Bonchev–Trinajstić information content (AvgIpc) is 1.88. The monoisotopic (exact) mass is 136 g/mol. The highest BCUT2D eigenvalue weighted by atomic mass is 15.1. The first-order chi connectivity index (χ1) is 4.72. The maximum Gasteiger partial charge on any atom is 0.130 e. The quantitative estimate of drug-likeness (QED) is 0.581. The summed E-state index contributed by atoms with van der Waals surface area (Å²) in [6.45, 7) is 2.06. The van der Waals surface area contributed by atoms with E-state index >= 15 is 0 Å². The van der Waals surface area contributed by atoms with E-state index in [0.29, 0.717) is 0 Å². The maximum absolute atomic E-state index is 4.20. The van der Waals surface area contributed by atoms with Gasteiger partial charge in [0.2, 0.25) is 0 Å². The SMILES string of the molecule is Cc1cccnc1N(C)C. The summed E-state index contributed by atoms with van der Waals surface area (Å²) in [5.41, 5.74) is 1.22. The molecular weight excluding hydrogens is 124 g/mol. The van der Waals surface area contributed by atoms with Crippen molar-refractivity contribution in [2.45, 2.75) is 6.92 Å². The lowest BCUT2D eigenvalue weighted by Crippen LogP contribution is -2.11. The van der Waals surface area contributed by atoms with E-state index < -0.39 is 0 Å². The molecule has 0 saturated carbocycles. The topological polar surface area (TPSA) is 16.1 Å². The number of aryl methyl sites for hydroxylation is 1. The van der Waals surface area contributed by atoms with Crippen LogP contribution in [0.5, 0.6) is 0 Å². The lowest BCUT2D eigenvalue weighted by Gasteiger charge is -2.12. The third-order valence-corrected chi connectivity index (χ3v) is 1.41. The Hall–Kier alpha value is -1.05. The zero-order valence-corrected chi connectivity index (χ0v) is 6.63. The molecule has 0 fully saturated rings. The Morgan fingerprint density at radius 3 is 2.50 bits per heavy atom. The Bertz CT molecular complexity index is 218. The molecule has 1 aromatic heterocycles. The summed E-state index contributed by atoms with van der Waals surface area (Å²) in [7, 11) is 3.99. The van der Waals surface area contributed by atoms with Crippen LogP contribution in [0, 0.1) is 6.92 Å². The number of anilines is 1. The van der Waals surface area contributed by atoms with Crippen LogP contribution in [-0.4, -0.2) is 19.1 Å². The summed E-state index contributed by atoms with van der Waals surface area (Å²) in [5, 5.41) is 0. The van der Waals surface area contributed by atoms with Crippen LogP contribution < -0.4 is 4.90 Å². The second-order valence-electron chi connectivity index (χ2n) is 2.54. The number of pyridine rings is 1. The van der Waals surface area contributed by atoms with E-state index in [-0.39, 0.29) is 0 Å². The average molecular weight is 136 g/mol. The molecule has 0 aliphatic heterocycles. The van der Waals surface area contributed by atoms with Crippen LogP contribution in [0.25, 0.3) is 0 Å². The molecule has 0 N–H and O–H groups in total. The van der Waals surface area contributed by atoms with Gasteiger partial charge in [-0.15, -0.1) is 0 Å². The second kappa shape index (κ2) is 2.69. The number of hydrogen-bond donors (Lipinski definition) is 0. The van der Waals surface area contributed by atoms with Gasteiger partial charge in [-0.2, -0.15) is 0 Å².